The maximum Gasteiger partial charge on any atom is 0.247 e. The molecule has 2 amide bonds. The van der Waals surface area contributed by atoms with Crippen LogP contribution in [0.25, 0.3) is 33.6 Å². The molecule has 10 heteroatoms. The summed E-state index contributed by atoms with van der Waals surface area (Å²) in [5, 5.41) is 12.7. The van der Waals surface area contributed by atoms with Crippen molar-refractivity contribution in [3.63, 3.8) is 0 Å². The molecule has 0 bridgehead atoms. The summed E-state index contributed by atoms with van der Waals surface area (Å²) in [4.78, 5) is 43.4. The van der Waals surface area contributed by atoms with Crippen LogP contribution in [0, 0.1) is 0 Å². The van der Waals surface area contributed by atoms with Gasteiger partial charge in [0.25, 0.3) is 0 Å². The minimum absolute atomic E-state index is 0.00772. The summed E-state index contributed by atoms with van der Waals surface area (Å²) in [6.45, 7) is 6.01. The first-order valence-corrected chi connectivity index (χ1v) is 16.0. The third kappa shape index (κ3) is 6.86. The predicted octanol–water partition coefficient (Wildman–Crippen LogP) is 7.35. The highest BCUT2D eigenvalue weighted by Crippen LogP contribution is 2.37. The Bertz CT molecular complexity index is 1830. The zero-order valence-electron chi connectivity index (χ0n) is 25.4. The second kappa shape index (κ2) is 13.1. The average molecular weight is 622 g/mol. The molecule has 0 aliphatic carbocycles. The number of nitrogens with one attached hydrogen (secondary N) is 2. The average Bonchev–Trinajstić information content (AvgIpc) is 3.79. The van der Waals surface area contributed by atoms with Crippen molar-refractivity contribution in [1.82, 2.24) is 20.1 Å². The lowest BCUT2D eigenvalue weighted by atomic mass is 9.94. The van der Waals surface area contributed by atoms with E-state index in [1.165, 1.54) is 18.7 Å². The van der Waals surface area contributed by atoms with E-state index in [1.54, 1.807) is 4.90 Å². The van der Waals surface area contributed by atoms with Gasteiger partial charge in [0, 0.05) is 53.0 Å². The third-order valence-corrected chi connectivity index (χ3v) is 8.78. The van der Waals surface area contributed by atoms with E-state index in [-0.39, 0.29) is 34.6 Å². The summed E-state index contributed by atoms with van der Waals surface area (Å²) in [7, 11) is 0. The van der Waals surface area contributed by atoms with Crippen molar-refractivity contribution in [2.75, 3.05) is 11.9 Å². The zero-order chi connectivity index (χ0) is 31.5. The number of anilines is 1. The molecule has 3 aromatic carbocycles. The highest BCUT2D eigenvalue weighted by Gasteiger charge is 2.38. The van der Waals surface area contributed by atoms with Crippen LogP contribution in [0.1, 0.15) is 63.4 Å². The second-order valence-electron chi connectivity index (χ2n) is 11.6. The smallest absolute Gasteiger partial charge is 0.247 e. The minimum atomic E-state index is -0.570. The van der Waals surface area contributed by atoms with Crippen LogP contribution in [0.5, 0.6) is 0 Å². The fourth-order valence-corrected chi connectivity index (χ4v) is 6.63. The monoisotopic (exact) mass is 621 g/mol. The molecule has 2 N–H and O–H groups in total. The first kappa shape index (κ1) is 30.3. The molecule has 0 saturated carbocycles. The van der Waals surface area contributed by atoms with Gasteiger partial charge < -0.3 is 19.6 Å². The van der Waals surface area contributed by atoms with Crippen LogP contribution in [-0.4, -0.2) is 48.8 Å². The van der Waals surface area contributed by atoms with E-state index in [0.717, 1.165) is 45.4 Å². The number of H-pyrrole nitrogens is 1. The van der Waals surface area contributed by atoms with Crippen molar-refractivity contribution in [2.45, 2.75) is 57.2 Å². The number of benzene rings is 3. The summed E-state index contributed by atoms with van der Waals surface area (Å²) in [5.74, 6) is 0.0186. The predicted molar refractivity (Wildman–Crippen MR) is 177 cm³/mol. The molecule has 0 spiro atoms. The molecule has 2 unspecified atom stereocenters. The van der Waals surface area contributed by atoms with Gasteiger partial charge in [0.15, 0.2) is 5.12 Å². The van der Waals surface area contributed by atoms with Crippen LogP contribution >= 0.6 is 11.8 Å². The van der Waals surface area contributed by atoms with Crippen molar-refractivity contribution in [3.05, 3.63) is 90.3 Å². The van der Waals surface area contributed by atoms with Gasteiger partial charge in [-0.25, -0.2) is 0 Å². The number of rotatable bonds is 9. The molecule has 3 heterocycles. The molecule has 5 aromatic rings. The summed E-state index contributed by atoms with van der Waals surface area (Å²) < 4.78 is 6.21. The van der Waals surface area contributed by atoms with Crippen molar-refractivity contribution in [1.29, 1.82) is 0 Å². The topological polar surface area (TPSA) is 121 Å². The Morgan fingerprint density at radius 2 is 1.76 bits per heavy atom. The van der Waals surface area contributed by atoms with Gasteiger partial charge in [0.2, 0.25) is 23.6 Å². The maximum absolute atomic E-state index is 14.0. The molecular formula is C35H35N5O4S. The quantitative estimate of drug-likeness (QED) is 0.177. The number of thioether (sulfide) groups is 1. The van der Waals surface area contributed by atoms with Crippen LogP contribution in [0.4, 0.5) is 5.69 Å². The second-order valence-corrected chi connectivity index (χ2v) is 13.2. The van der Waals surface area contributed by atoms with E-state index in [0.29, 0.717) is 24.7 Å². The lowest BCUT2D eigenvalue weighted by Gasteiger charge is -2.27. The lowest BCUT2D eigenvalue weighted by molar-refractivity contribution is -0.135. The normalized spacial score (nSPS) is 15.5. The standard InChI is InChI=1S/C35H35N5O4S/c1-21(2)45-32(42)20-28(23-8-5-4-6-9-23)35(43)40-17-7-10-31(40)34-39-38-33(44-34)25-13-16-29-26(18-25)19-30(37-29)24-11-14-27(15-12-24)36-22(3)41/h4-6,8-9,11-16,18-19,21,28,31,37H,7,10,17,20H2,1-3H3,(H,36,41). The number of amides is 2. The fourth-order valence-electron chi connectivity index (χ4n) is 5.84. The van der Waals surface area contributed by atoms with Gasteiger partial charge in [0.05, 0.1) is 5.92 Å². The van der Waals surface area contributed by atoms with Crippen molar-refractivity contribution >= 4 is 45.3 Å². The van der Waals surface area contributed by atoms with Crippen molar-refractivity contribution < 1.29 is 18.8 Å². The van der Waals surface area contributed by atoms with Crippen LogP contribution in [-0.2, 0) is 14.4 Å². The molecule has 2 atom stereocenters. The molecule has 2 aromatic heterocycles. The number of hydrogen-bond donors (Lipinski definition) is 2. The van der Waals surface area contributed by atoms with E-state index in [2.05, 4.69) is 26.6 Å². The Kier molecular flexibility index (Phi) is 8.84. The van der Waals surface area contributed by atoms with Crippen LogP contribution in [0.15, 0.2) is 83.3 Å². The Morgan fingerprint density at radius 1 is 1.00 bits per heavy atom. The molecule has 1 fully saturated rings. The van der Waals surface area contributed by atoms with Crippen molar-refractivity contribution in [3.8, 4) is 22.7 Å². The molecule has 1 aliphatic heterocycles. The Balaban J connectivity index is 1.21. The molecule has 0 radical (unpaired) electrons. The summed E-state index contributed by atoms with van der Waals surface area (Å²) in [5.41, 5.74) is 5.26. The number of carbonyl (C=O) groups is 3. The van der Waals surface area contributed by atoms with E-state index in [9.17, 15) is 14.4 Å². The maximum atomic E-state index is 14.0. The van der Waals surface area contributed by atoms with E-state index in [4.69, 9.17) is 4.42 Å². The summed E-state index contributed by atoms with van der Waals surface area (Å²) in [6, 6.07) is 24.8. The van der Waals surface area contributed by atoms with Crippen LogP contribution < -0.4 is 5.32 Å². The highest BCUT2D eigenvalue weighted by atomic mass is 32.2. The molecule has 1 saturated heterocycles. The largest absolute Gasteiger partial charge is 0.418 e. The van der Waals surface area contributed by atoms with Crippen molar-refractivity contribution in [2.24, 2.45) is 0 Å². The van der Waals surface area contributed by atoms with E-state index >= 15 is 0 Å². The number of aromatic amines is 1. The van der Waals surface area contributed by atoms with Gasteiger partial charge in [-0.3, -0.25) is 14.4 Å². The van der Waals surface area contributed by atoms with E-state index in [1.807, 2.05) is 86.6 Å². The van der Waals surface area contributed by atoms with Gasteiger partial charge in [0.1, 0.15) is 6.04 Å². The van der Waals surface area contributed by atoms with Crippen LogP contribution in [0.3, 0.4) is 0 Å². The summed E-state index contributed by atoms with van der Waals surface area (Å²) in [6.07, 6.45) is 1.67. The van der Waals surface area contributed by atoms with E-state index < -0.39 is 5.92 Å². The SMILES string of the molecule is CC(=O)Nc1ccc(-c2cc3cc(-c4nnc(C5CCCN5C(=O)C(CC(=O)SC(C)C)c5ccccc5)o4)ccc3[nH]2)cc1. The highest BCUT2D eigenvalue weighted by molar-refractivity contribution is 8.14. The Hall–Kier alpha value is -4.70. The molecular weight excluding hydrogens is 586 g/mol. The number of hydrogen-bond acceptors (Lipinski definition) is 7. The van der Waals surface area contributed by atoms with Gasteiger partial charge in [-0.15, -0.1) is 10.2 Å². The number of carbonyl (C=O) groups excluding carboxylic acids is 3. The number of nitrogens with zero attached hydrogens (tertiary/aromatic N) is 3. The molecule has 9 nitrogen and oxygen atoms in total. The zero-order valence-corrected chi connectivity index (χ0v) is 26.3. The van der Waals surface area contributed by atoms with Gasteiger partial charge in [-0.1, -0.05) is 68.1 Å². The summed E-state index contributed by atoms with van der Waals surface area (Å²) >= 11 is 1.27. The first-order valence-electron chi connectivity index (χ1n) is 15.1. The molecule has 45 heavy (non-hydrogen) atoms. The number of aromatic nitrogens is 3. The molecule has 1 aliphatic rings. The van der Waals surface area contributed by atoms with Gasteiger partial charge >= 0.3 is 0 Å². The lowest BCUT2D eigenvalue weighted by Crippen LogP contribution is -2.35. The third-order valence-electron chi connectivity index (χ3n) is 7.88. The number of fused-ring (bicyclic) bond motifs is 1. The minimum Gasteiger partial charge on any atom is -0.418 e. The van der Waals surface area contributed by atoms with Gasteiger partial charge in [-0.05, 0) is 60.4 Å². The molecule has 230 valence electrons. The fraction of sp³-hybridized carbons (Fsp3) is 0.286. The van der Waals surface area contributed by atoms with Gasteiger partial charge in [-0.2, -0.15) is 0 Å². The first-order chi connectivity index (χ1) is 21.7. The Labute approximate surface area is 265 Å². The van der Waals surface area contributed by atoms with Crippen LogP contribution in [0.2, 0.25) is 0 Å². The molecule has 6 rings (SSSR count). The number of likely N-dealkylation sites (tertiary alicyclic amines) is 1. The Morgan fingerprint density at radius 3 is 2.49 bits per heavy atom.